The number of aromatic nitrogens is 1. The van der Waals surface area contributed by atoms with Crippen LogP contribution in [0.2, 0.25) is 0 Å². The molecule has 0 atom stereocenters. The quantitative estimate of drug-likeness (QED) is 0.718. The number of hydrogen-bond acceptors (Lipinski definition) is 4. The molecule has 0 unspecified atom stereocenters. The van der Waals surface area contributed by atoms with Crippen molar-refractivity contribution in [2.24, 2.45) is 0 Å². The summed E-state index contributed by atoms with van der Waals surface area (Å²) in [5.41, 5.74) is 0.703. The summed E-state index contributed by atoms with van der Waals surface area (Å²) in [6.07, 6.45) is 0.798. The Kier molecular flexibility index (Phi) is 4.83. The zero-order valence-electron chi connectivity index (χ0n) is 9.08. The molecule has 1 amide bonds. The van der Waals surface area contributed by atoms with Crippen molar-refractivity contribution in [3.05, 3.63) is 17.5 Å². The molecule has 0 fully saturated rings. The summed E-state index contributed by atoms with van der Waals surface area (Å²) in [7, 11) is 0. The summed E-state index contributed by atoms with van der Waals surface area (Å²) in [5.74, 6) is 0.0241. The van der Waals surface area contributed by atoms with E-state index in [1.54, 1.807) is 13.0 Å². The average Bonchev–Trinajstić information content (AvgIpc) is 2.64. The van der Waals surface area contributed by atoms with Gasteiger partial charge in [0, 0.05) is 25.8 Å². The van der Waals surface area contributed by atoms with Crippen LogP contribution in [0.4, 0.5) is 0 Å². The van der Waals surface area contributed by atoms with E-state index in [9.17, 15) is 4.79 Å². The summed E-state index contributed by atoms with van der Waals surface area (Å²) in [6.45, 7) is 5.66. The first-order valence-corrected chi connectivity index (χ1v) is 5.03. The summed E-state index contributed by atoms with van der Waals surface area (Å²) < 4.78 is 9.95. The van der Waals surface area contributed by atoms with Crippen molar-refractivity contribution in [3.8, 4) is 0 Å². The minimum absolute atomic E-state index is 0.230. The Morgan fingerprint density at radius 1 is 1.67 bits per heavy atom. The zero-order chi connectivity index (χ0) is 11.1. The Bertz CT molecular complexity index is 309. The molecule has 0 radical (unpaired) electrons. The Morgan fingerprint density at radius 2 is 2.47 bits per heavy atom. The van der Waals surface area contributed by atoms with E-state index >= 15 is 0 Å². The highest BCUT2D eigenvalue weighted by molar-refractivity contribution is 5.91. The molecular weight excluding hydrogens is 196 g/mol. The largest absolute Gasteiger partial charge is 0.382 e. The van der Waals surface area contributed by atoms with E-state index in [2.05, 4.69) is 10.5 Å². The number of aryl methyl sites for hydroxylation is 1. The molecule has 0 aromatic carbocycles. The van der Waals surface area contributed by atoms with Crippen molar-refractivity contribution < 1.29 is 14.1 Å². The van der Waals surface area contributed by atoms with Gasteiger partial charge in [-0.15, -0.1) is 0 Å². The fourth-order valence-electron chi connectivity index (χ4n) is 1.08. The molecule has 0 spiro atoms. The lowest BCUT2D eigenvalue weighted by molar-refractivity contribution is 0.0907. The van der Waals surface area contributed by atoms with Gasteiger partial charge in [0.2, 0.25) is 5.76 Å². The van der Waals surface area contributed by atoms with Crippen LogP contribution in [0.3, 0.4) is 0 Å². The van der Waals surface area contributed by atoms with Gasteiger partial charge < -0.3 is 14.6 Å². The summed E-state index contributed by atoms with van der Waals surface area (Å²) in [6, 6.07) is 1.61. The van der Waals surface area contributed by atoms with Gasteiger partial charge in [0.1, 0.15) is 0 Å². The number of rotatable bonds is 6. The van der Waals surface area contributed by atoms with Crippen molar-refractivity contribution in [1.29, 1.82) is 0 Å². The molecule has 5 heteroatoms. The Labute approximate surface area is 88.8 Å². The van der Waals surface area contributed by atoms with Gasteiger partial charge in [-0.25, -0.2) is 0 Å². The fourth-order valence-corrected chi connectivity index (χ4v) is 1.08. The van der Waals surface area contributed by atoms with Crippen LogP contribution in [-0.4, -0.2) is 30.8 Å². The van der Waals surface area contributed by atoms with Crippen LogP contribution in [0, 0.1) is 6.92 Å². The molecule has 0 saturated carbocycles. The molecule has 84 valence electrons. The van der Waals surface area contributed by atoms with Gasteiger partial charge in [-0.05, 0) is 20.3 Å². The Balaban J connectivity index is 2.19. The minimum Gasteiger partial charge on any atom is -0.382 e. The van der Waals surface area contributed by atoms with Crippen molar-refractivity contribution in [3.63, 3.8) is 0 Å². The fraction of sp³-hybridized carbons (Fsp3) is 0.600. The summed E-state index contributed by atoms with van der Waals surface area (Å²) in [4.78, 5) is 11.4. The molecule has 0 aliphatic heterocycles. The predicted molar refractivity (Wildman–Crippen MR) is 54.7 cm³/mol. The molecule has 0 aliphatic carbocycles. The number of amides is 1. The van der Waals surface area contributed by atoms with Crippen LogP contribution in [0.25, 0.3) is 0 Å². The van der Waals surface area contributed by atoms with Crippen LogP contribution >= 0.6 is 0 Å². The van der Waals surface area contributed by atoms with Gasteiger partial charge >= 0.3 is 0 Å². The smallest absolute Gasteiger partial charge is 0.289 e. The lowest BCUT2D eigenvalue weighted by Gasteiger charge is -2.02. The monoisotopic (exact) mass is 212 g/mol. The number of nitrogens with zero attached hydrogens (tertiary/aromatic N) is 1. The third-order valence-electron chi connectivity index (χ3n) is 1.81. The second-order valence-electron chi connectivity index (χ2n) is 3.14. The van der Waals surface area contributed by atoms with Crippen molar-refractivity contribution in [2.75, 3.05) is 19.8 Å². The minimum atomic E-state index is -0.230. The van der Waals surface area contributed by atoms with E-state index in [1.807, 2.05) is 6.92 Å². The van der Waals surface area contributed by atoms with Crippen molar-refractivity contribution in [2.45, 2.75) is 20.3 Å². The first-order valence-electron chi connectivity index (χ1n) is 5.03. The maximum Gasteiger partial charge on any atom is 0.289 e. The van der Waals surface area contributed by atoms with Crippen LogP contribution < -0.4 is 5.32 Å². The van der Waals surface area contributed by atoms with Crippen LogP contribution in [0.5, 0.6) is 0 Å². The number of carbonyl (C=O) groups is 1. The van der Waals surface area contributed by atoms with Crippen LogP contribution in [-0.2, 0) is 4.74 Å². The molecular formula is C10H16N2O3. The molecule has 0 saturated heterocycles. The number of hydrogen-bond donors (Lipinski definition) is 1. The molecule has 5 nitrogen and oxygen atoms in total. The van der Waals surface area contributed by atoms with E-state index in [1.165, 1.54) is 0 Å². The maximum atomic E-state index is 11.4. The lowest BCUT2D eigenvalue weighted by atomic mass is 10.3. The van der Waals surface area contributed by atoms with Gasteiger partial charge in [0.15, 0.2) is 0 Å². The van der Waals surface area contributed by atoms with Crippen LogP contribution in [0.1, 0.15) is 29.6 Å². The maximum absolute atomic E-state index is 11.4. The second kappa shape index (κ2) is 6.19. The van der Waals surface area contributed by atoms with E-state index in [0.717, 1.165) is 6.42 Å². The van der Waals surface area contributed by atoms with Gasteiger partial charge in [0.05, 0.1) is 5.69 Å². The summed E-state index contributed by atoms with van der Waals surface area (Å²) in [5, 5.41) is 6.35. The predicted octanol–water partition coefficient (Wildman–Crippen LogP) is 1.14. The van der Waals surface area contributed by atoms with Crippen molar-refractivity contribution >= 4 is 5.91 Å². The topological polar surface area (TPSA) is 64.4 Å². The lowest BCUT2D eigenvalue weighted by Crippen LogP contribution is -2.24. The third kappa shape index (κ3) is 4.12. The van der Waals surface area contributed by atoms with E-state index in [-0.39, 0.29) is 11.7 Å². The molecule has 1 heterocycles. The first-order chi connectivity index (χ1) is 7.24. The molecule has 0 bridgehead atoms. The number of carbonyl (C=O) groups excluding carboxylic acids is 1. The highest BCUT2D eigenvalue weighted by Crippen LogP contribution is 2.01. The molecule has 0 aliphatic rings. The van der Waals surface area contributed by atoms with Gasteiger partial charge in [-0.1, -0.05) is 5.16 Å². The standard InChI is InChI=1S/C10H16N2O3/c1-3-14-6-4-5-11-10(13)9-7-8(2)12-15-9/h7H,3-6H2,1-2H3,(H,11,13). The molecule has 1 aromatic heterocycles. The zero-order valence-corrected chi connectivity index (χ0v) is 9.08. The number of nitrogens with one attached hydrogen (secondary N) is 1. The SMILES string of the molecule is CCOCCCNC(=O)c1cc(C)no1. The second-order valence-corrected chi connectivity index (χ2v) is 3.14. The average molecular weight is 212 g/mol. The normalized spacial score (nSPS) is 10.3. The van der Waals surface area contributed by atoms with Crippen molar-refractivity contribution in [1.82, 2.24) is 10.5 Å². The van der Waals surface area contributed by atoms with E-state index < -0.39 is 0 Å². The van der Waals surface area contributed by atoms with Crippen LogP contribution in [0.15, 0.2) is 10.6 Å². The third-order valence-corrected chi connectivity index (χ3v) is 1.81. The van der Waals surface area contributed by atoms with E-state index in [0.29, 0.717) is 25.5 Å². The molecule has 1 aromatic rings. The highest BCUT2D eigenvalue weighted by Gasteiger charge is 2.09. The molecule has 1 rings (SSSR count). The van der Waals surface area contributed by atoms with Gasteiger partial charge in [-0.3, -0.25) is 4.79 Å². The molecule has 1 N–H and O–H groups in total. The Morgan fingerprint density at radius 3 is 3.07 bits per heavy atom. The van der Waals surface area contributed by atoms with E-state index in [4.69, 9.17) is 9.26 Å². The molecule has 15 heavy (non-hydrogen) atoms. The number of ether oxygens (including phenoxy) is 1. The van der Waals surface area contributed by atoms with Gasteiger partial charge in [0.25, 0.3) is 5.91 Å². The highest BCUT2D eigenvalue weighted by atomic mass is 16.5. The first kappa shape index (κ1) is 11.7. The summed E-state index contributed by atoms with van der Waals surface area (Å²) >= 11 is 0. The van der Waals surface area contributed by atoms with Gasteiger partial charge in [-0.2, -0.15) is 0 Å². The Hall–Kier alpha value is -1.36.